The molecule has 0 aromatic carbocycles. The third kappa shape index (κ3) is 2.60. The minimum atomic E-state index is -0.688. The summed E-state index contributed by atoms with van der Waals surface area (Å²) in [5.41, 5.74) is -0.171. The van der Waals surface area contributed by atoms with E-state index in [1.54, 1.807) is 0 Å². The van der Waals surface area contributed by atoms with Gasteiger partial charge >= 0.3 is 0 Å². The maximum absolute atomic E-state index is 11.8. The second-order valence-corrected chi connectivity index (χ2v) is 14.2. The van der Waals surface area contributed by atoms with Crippen LogP contribution in [0.1, 0.15) is 93.9 Å². The fourth-order valence-electron chi connectivity index (χ4n) is 9.63. The lowest BCUT2D eigenvalue weighted by molar-refractivity contribution is -0.291. The van der Waals surface area contributed by atoms with Gasteiger partial charge < -0.3 is 9.84 Å². The molecule has 6 saturated carbocycles. The summed E-state index contributed by atoms with van der Waals surface area (Å²) in [5, 5.41) is 11.8. The summed E-state index contributed by atoms with van der Waals surface area (Å²) in [6, 6.07) is 0. The Kier molecular flexibility index (Phi) is 4.33. The summed E-state index contributed by atoms with van der Waals surface area (Å²) in [6.45, 7) is 18.6. The van der Waals surface area contributed by atoms with Gasteiger partial charge in [-0.2, -0.15) is 0 Å². The first-order chi connectivity index (χ1) is 13.3. The number of rotatable bonds is 6. The molecule has 11 unspecified atom stereocenters. The highest BCUT2D eigenvalue weighted by atomic mass is 16.6. The van der Waals surface area contributed by atoms with Crippen LogP contribution in [0.15, 0.2) is 0 Å². The maximum Gasteiger partial charge on any atom is 0.161 e. The summed E-state index contributed by atoms with van der Waals surface area (Å²) in [6.07, 6.45) is 7.24. The van der Waals surface area contributed by atoms with Crippen LogP contribution in [0.25, 0.3) is 0 Å². The van der Waals surface area contributed by atoms with Crippen molar-refractivity contribution >= 4 is 0 Å². The number of hydrogen-bond donors (Lipinski definition) is 1. The molecule has 6 aliphatic carbocycles. The number of hydrogen-bond acceptors (Lipinski definition) is 2. The molecule has 0 aliphatic heterocycles. The van der Waals surface area contributed by atoms with Crippen molar-refractivity contribution < 1.29 is 9.84 Å². The molecule has 2 nitrogen and oxygen atoms in total. The van der Waals surface area contributed by atoms with E-state index in [0.717, 1.165) is 48.3 Å². The van der Waals surface area contributed by atoms with Crippen molar-refractivity contribution in [2.24, 2.45) is 63.6 Å². The molecule has 0 radical (unpaired) electrons. The van der Waals surface area contributed by atoms with Crippen LogP contribution >= 0.6 is 0 Å². The molecule has 0 amide bonds. The van der Waals surface area contributed by atoms with Gasteiger partial charge in [-0.25, -0.2) is 0 Å². The van der Waals surface area contributed by atoms with E-state index < -0.39 is 6.29 Å². The van der Waals surface area contributed by atoms with Gasteiger partial charge in [0.1, 0.15) is 0 Å². The van der Waals surface area contributed by atoms with Crippen molar-refractivity contribution in [2.75, 3.05) is 0 Å². The first-order valence-electron chi connectivity index (χ1n) is 12.7. The summed E-state index contributed by atoms with van der Waals surface area (Å²) in [5.74, 6) is 7.09. The molecule has 2 heteroatoms. The van der Waals surface area contributed by atoms with Crippen LogP contribution in [-0.2, 0) is 4.74 Å². The summed E-state index contributed by atoms with van der Waals surface area (Å²) in [4.78, 5) is 0. The normalized spacial score (nSPS) is 50.4. The summed E-state index contributed by atoms with van der Waals surface area (Å²) >= 11 is 0. The van der Waals surface area contributed by atoms with Crippen LogP contribution in [0.2, 0.25) is 0 Å². The zero-order valence-corrected chi connectivity index (χ0v) is 20.3. The Morgan fingerprint density at radius 1 is 0.931 bits per heavy atom. The Morgan fingerprint density at radius 2 is 1.55 bits per heavy atom. The lowest BCUT2D eigenvalue weighted by atomic mass is 9.47. The molecule has 29 heavy (non-hydrogen) atoms. The van der Waals surface area contributed by atoms with Crippen LogP contribution in [0.4, 0.5) is 0 Å². The summed E-state index contributed by atoms with van der Waals surface area (Å²) < 4.78 is 7.00. The van der Waals surface area contributed by atoms with Gasteiger partial charge in [0.2, 0.25) is 0 Å². The second kappa shape index (κ2) is 6.03. The Labute approximate surface area is 179 Å². The fourth-order valence-corrected chi connectivity index (χ4v) is 9.63. The van der Waals surface area contributed by atoms with Gasteiger partial charge in [0.15, 0.2) is 6.29 Å². The van der Waals surface area contributed by atoms with E-state index in [1.807, 2.05) is 0 Å². The molecular weight excluding hydrogens is 356 g/mol. The minimum Gasteiger partial charge on any atom is -0.367 e. The third-order valence-electron chi connectivity index (χ3n) is 11.6. The van der Waals surface area contributed by atoms with Crippen molar-refractivity contribution in [2.45, 2.75) is 106 Å². The van der Waals surface area contributed by atoms with E-state index >= 15 is 0 Å². The lowest BCUT2D eigenvalue weighted by Crippen LogP contribution is -2.59. The van der Waals surface area contributed by atoms with Crippen LogP contribution < -0.4 is 0 Å². The molecule has 0 saturated heterocycles. The van der Waals surface area contributed by atoms with Crippen LogP contribution in [0.3, 0.4) is 0 Å². The molecule has 166 valence electrons. The lowest BCUT2D eigenvalue weighted by Gasteiger charge is -2.60. The monoisotopic (exact) mass is 402 g/mol. The van der Waals surface area contributed by atoms with Gasteiger partial charge in [0.05, 0.1) is 5.60 Å². The zero-order valence-electron chi connectivity index (χ0n) is 20.3. The SMILES string of the molecule is CCC(C)(C)CC(C)(C(O)OC1(C)C2CC3C4CC5CC3C1C(C5)C42)C(C)(C)C. The molecule has 6 aliphatic rings. The standard InChI is InChI=1S/C27H46O2/c1-9-25(5,6)14-26(7,24(2,3)4)23(28)29-27(8)20-13-16-17-10-15-11-18(16)22(27)19(12-15)21(17)20/h15-23,28H,9-14H2,1-8H3. The number of ether oxygens (including phenoxy) is 1. The molecule has 0 spiro atoms. The quantitative estimate of drug-likeness (QED) is 0.513. The van der Waals surface area contributed by atoms with Gasteiger partial charge in [0, 0.05) is 5.41 Å². The molecule has 6 fully saturated rings. The molecular formula is C27H46O2. The Bertz CT molecular complexity index is 669. The van der Waals surface area contributed by atoms with E-state index in [-0.39, 0.29) is 21.8 Å². The highest BCUT2D eigenvalue weighted by molar-refractivity contribution is 5.24. The average molecular weight is 403 g/mol. The van der Waals surface area contributed by atoms with E-state index in [4.69, 9.17) is 4.74 Å². The van der Waals surface area contributed by atoms with E-state index in [2.05, 4.69) is 55.4 Å². The van der Waals surface area contributed by atoms with Crippen molar-refractivity contribution in [1.82, 2.24) is 0 Å². The predicted octanol–water partition coefficient (Wildman–Crippen LogP) is 6.52. The topological polar surface area (TPSA) is 29.5 Å². The fraction of sp³-hybridized carbons (Fsp3) is 1.00. The van der Waals surface area contributed by atoms with E-state index in [1.165, 1.54) is 25.7 Å². The third-order valence-corrected chi connectivity index (χ3v) is 11.6. The van der Waals surface area contributed by atoms with Gasteiger partial charge in [-0.3, -0.25) is 0 Å². The molecule has 11 atom stereocenters. The van der Waals surface area contributed by atoms with Crippen LogP contribution in [-0.4, -0.2) is 17.0 Å². The molecule has 1 N–H and O–H groups in total. The van der Waals surface area contributed by atoms with Gasteiger partial charge in [0.25, 0.3) is 0 Å². The Hall–Kier alpha value is -0.0800. The molecule has 0 heterocycles. The van der Waals surface area contributed by atoms with Crippen molar-refractivity contribution in [3.63, 3.8) is 0 Å². The number of aliphatic hydroxyl groups is 1. The van der Waals surface area contributed by atoms with Crippen molar-refractivity contribution in [1.29, 1.82) is 0 Å². The average Bonchev–Trinajstić information content (AvgIpc) is 3.06. The Morgan fingerprint density at radius 3 is 2.17 bits per heavy atom. The second-order valence-electron chi connectivity index (χ2n) is 14.2. The van der Waals surface area contributed by atoms with E-state index in [0.29, 0.717) is 11.8 Å². The predicted molar refractivity (Wildman–Crippen MR) is 118 cm³/mol. The molecule has 6 rings (SSSR count). The first kappa shape index (κ1) is 20.8. The highest BCUT2D eigenvalue weighted by Crippen LogP contribution is 2.78. The van der Waals surface area contributed by atoms with Gasteiger partial charge in [-0.1, -0.05) is 54.9 Å². The molecule has 7 bridgehead atoms. The van der Waals surface area contributed by atoms with Crippen LogP contribution in [0.5, 0.6) is 0 Å². The highest BCUT2D eigenvalue weighted by Gasteiger charge is 2.76. The molecule has 0 aromatic heterocycles. The largest absolute Gasteiger partial charge is 0.367 e. The van der Waals surface area contributed by atoms with Gasteiger partial charge in [-0.05, 0) is 97.2 Å². The smallest absolute Gasteiger partial charge is 0.161 e. The minimum absolute atomic E-state index is 0.0114. The molecule has 0 aromatic rings. The van der Waals surface area contributed by atoms with E-state index in [9.17, 15) is 5.11 Å². The van der Waals surface area contributed by atoms with Crippen molar-refractivity contribution in [3.05, 3.63) is 0 Å². The van der Waals surface area contributed by atoms with Crippen LogP contribution in [0, 0.1) is 63.6 Å². The van der Waals surface area contributed by atoms with Gasteiger partial charge in [-0.15, -0.1) is 0 Å². The zero-order chi connectivity index (χ0) is 21.1. The summed E-state index contributed by atoms with van der Waals surface area (Å²) in [7, 11) is 0. The maximum atomic E-state index is 11.8. The first-order valence-corrected chi connectivity index (χ1v) is 12.7. The number of aliphatic hydroxyl groups excluding tert-OH is 1. The Balaban J connectivity index is 1.45. The van der Waals surface area contributed by atoms with Crippen molar-refractivity contribution in [3.8, 4) is 0 Å².